The lowest BCUT2D eigenvalue weighted by Crippen LogP contribution is -2.15. The molecule has 1 N–H and O–H groups in total. The van der Waals surface area contributed by atoms with Crippen molar-refractivity contribution in [3.63, 3.8) is 0 Å². The molecule has 3 nitrogen and oxygen atoms in total. The normalized spacial score (nSPS) is 12.7. The second-order valence-corrected chi connectivity index (χ2v) is 4.68. The summed E-state index contributed by atoms with van der Waals surface area (Å²) < 4.78 is 2.01. The number of hydrogen-bond donors (Lipinski definition) is 1. The van der Waals surface area contributed by atoms with E-state index in [1.807, 2.05) is 30.1 Å². The average Bonchev–Trinajstić information content (AvgIpc) is 2.90. The van der Waals surface area contributed by atoms with Crippen molar-refractivity contribution in [3.8, 4) is 5.69 Å². The summed E-state index contributed by atoms with van der Waals surface area (Å²) >= 11 is 0. The first-order valence-corrected chi connectivity index (χ1v) is 6.50. The number of hydrogen-bond acceptors (Lipinski definition) is 2. The fourth-order valence-electron chi connectivity index (χ4n) is 2.37. The molecule has 0 aliphatic rings. The van der Waals surface area contributed by atoms with Gasteiger partial charge in [-0.05, 0) is 31.7 Å². The van der Waals surface area contributed by atoms with Crippen LogP contribution >= 0.6 is 0 Å². The quantitative estimate of drug-likeness (QED) is 0.774. The molecule has 2 aromatic carbocycles. The van der Waals surface area contributed by atoms with Crippen LogP contribution in [0.1, 0.15) is 18.5 Å². The smallest absolute Gasteiger partial charge is 0.0741 e. The standard InChI is InChI=1S/C16H17N3/c1-12(17-2)14-8-4-6-10-16(14)19-15-9-5-3-7-13(15)11-18-19/h3-12,17H,1-2H3. The van der Waals surface area contributed by atoms with Crippen molar-refractivity contribution < 1.29 is 0 Å². The average molecular weight is 251 g/mol. The molecule has 1 heterocycles. The summed E-state index contributed by atoms with van der Waals surface area (Å²) in [6.45, 7) is 2.16. The summed E-state index contributed by atoms with van der Waals surface area (Å²) in [5, 5.41) is 8.98. The van der Waals surface area contributed by atoms with Gasteiger partial charge in [-0.15, -0.1) is 0 Å². The van der Waals surface area contributed by atoms with Crippen LogP contribution in [0, 0.1) is 0 Å². The van der Waals surface area contributed by atoms with Gasteiger partial charge in [0, 0.05) is 11.4 Å². The molecule has 0 fully saturated rings. The summed E-state index contributed by atoms with van der Waals surface area (Å²) in [6.07, 6.45) is 1.91. The SMILES string of the molecule is CNC(C)c1ccccc1-n1ncc2ccccc21. The van der Waals surface area contributed by atoms with Gasteiger partial charge < -0.3 is 5.32 Å². The maximum atomic E-state index is 4.53. The van der Waals surface area contributed by atoms with E-state index in [9.17, 15) is 0 Å². The molecule has 0 bridgehead atoms. The number of nitrogens with zero attached hydrogens (tertiary/aromatic N) is 2. The Balaban J connectivity index is 2.22. The highest BCUT2D eigenvalue weighted by molar-refractivity contribution is 5.80. The van der Waals surface area contributed by atoms with Gasteiger partial charge in [0.25, 0.3) is 0 Å². The Morgan fingerprint density at radius 3 is 2.63 bits per heavy atom. The molecule has 0 radical (unpaired) electrons. The fourth-order valence-corrected chi connectivity index (χ4v) is 2.37. The Morgan fingerprint density at radius 2 is 1.79 bits per heavy atom. The first-order chi connectivity index (χ1) is 9.31. The van der Waals surface area contributed by atoms with Gasteiger partial charge in [0.05, 0.1) is 17.4 Å². The number of para-hydroxylation sites is 2. The highest BCUT2D eigenvalue weighted by atomic mass is 15.3. The van der Waals surface area contributed by atoms with Crippen molar-refractivity contribution in [1.82, 2.24) is 15.1 Å². The predicted molar refractivity (Wildman–Crippen MR) is 78.5 cm³/mol. The van der Waals surface area contributed by atoms with Crippen LogP contribution in [0.3, 0.4) is 0 Å². The summed E-state index contributed by atoms with van der Waals surface area (Å²) in [5.74, 6) is 0. The third kappa shape index (κ3) is 2.02. The molecule has 0 aliphatic carbocycles. The third-order valence-corrected chi connectivity index (χ3v) is 3.54. The molecule has 1 aromatic heterocycles. The van der Waals surface area contributed by atoms with Crippen LogP contribution < -0.4 is 5.32 Å². The van der Waals surface area contributed by atoms with E-state index in [0.717, 1.165) is 16.6 Å². The van der Waals surface area contributed by atoms with E-state index < -0.39 is 0 Å². The lowest BCUT2D eigenvalue weighted by molar-refractivity contribution is 0.645. The maximum Gasteiger partial charge on any atom is 0.0741 e. The lowest BCUT2D eigenvalue weighted by atomic mass is 10.1. The van der Waals surface area contributed by atoms with E-state index in [0.29, 0.717) is 6.04 Å². The fraction of sp³-hybridized carbons (Fsp3) is 0.188. The molecular weight excluding hydrogens is 234 g/mol. The van der Waals surface area contributed by atoms with Gasteiger partial charge in [0.1, 0.15) is 0 Å². The number of nitrogens with one attached hydrogen (secondary N) is 1. The Kier molecular flexibility index (Phi) is 3.05. The van der Waals surface area contributed by atoms with Gasteiger partial charge in [-0.1, -0.05) is 36.4 Å². The van der Waals surface area contributed by atoms with E-state index >= 15 is 0 Å². The number of benzene rings is 2. The highest BCUT2D eigenvalue weighted by Gasteiger charge is 2.12. The summed E-state index contributed by atoms with van der Waals surface area (Å²) in [4.78, 5) is 0. The second kappa shape index (κ2) is 4.86. The van der Waals surface area contributed by atoms with Crippen LogP contribution in [-0.4, -0.2) is 16.8 Å². The zero-order valence-electron chi connectivity index (χ0n) is 11.2. The van der Waals surface area contributed by atoms with Crippen molar-refractivity contribution in [2.45, 2.75) is 13.0 Å². The van der Waals surface area contributed by atoms with Gasteiger partial charge >= 0.3 is 0 Å². The number of fused-ring (bicyclic) bond motifs is 1. The molecule has 1 unspecified atom stereocenters. The highest BCUT2D eigenvalue weighted by Crippen LogP contribution is 2.24. The van der Waals surface area contributed by atoms with Crippen LogP contribution in [0.2, 0.25) is 0 Å². The van der Waals surface area contributed by atoms with Gasteiger partial charge in [-0.2, -0.15) is 5.10 Å². The topological polar surface area (TPSA) is 29.9 Å². The number of aromatic nitrogens is 2. The molecule has 1 atom stereocenters. The van der Waals surface area contributed by atoms with Gasteiger partial charge in [0.2, 0.25) is 0 Å². The molecule has 96 valence electrons. The first-order valence-electron chi connectivity index (χ1n) is 6.50. The minimum Gasteiger partial charge on any atom is -0.313 e. The lowest BCUT2D eigenvalue weighted by Gasteiger charge is -2.16. The first kappa shape index (κ1) is 11.9. The van der Waals surface area contributed by atoms with Crippen LogP contribution in [0.5, 0.6) is 0 Å². The maximum absolute atomic E-state index is 4.53. The third-order valence-electron chi connectivity index (χ3n) is 3.54. The summed E-state index contributed by atoms with van der Waals surface area (Å²) in [5.41, 5.74) is 3.52. The predicted octanol–water partition coefficient (Wildman–Crippen LogP) is 3.31. The minimum atomic E-state index is 0.291. The van der Waals surface area contributed by atoms with Crippen molar-refractivity contribution in [1.29, 1.82) is 0 Å². The minimum absolute atomic E-state index is 0.291. The van der Waals surface area contributed by atoms with E-state index in [-0.39, 0.29) is 0 Å². The summed E-state index contributed by atoms with van der Waals surface area (Å²) in [7, 11) is 1.97. The van der Waals surface area contributed by atoms with Crippen molar-refractivity contribution in [3.05, 3.63) is 60.3 Å². The molecule has 0 spiro atoms. The second-order valence-electron chi connectivity index (χ2n) is 4.68. The summed E-state index contributed by atoms with van der Waals surface area (Å²) in [6, 6.07) is 16.9. The molecule has 3 aromatic rings. The molecule has 0 saturated carbocycles. The molecule has 0 saturated heterocycles. The molecule has 0 aliphatic heterocycles. The van der Waals surface area contributed by atoms with Crippen molar-refractivity contribution in [2.24, 2.45) is 0 Å². The largest absolute Gasteiger partial charge is 0.313 e. The zero-order chi connectivity index (χ0) is 13.2. The Hall–Kier alpha value is -2.13. The zero-order valence-corrected chi connectivity index (χ0v) is 11.2. The van der Waals surface area contributed by atoms with Crippen LogP contribution in [-0.2, 0) is 0 Å². The number of rotatable bonds is 3. The Labute approximate surface area is 112 Å². The van der Waals surface area contributed by atoms with Crippen LogP contribution in [0.4, 0.5) is 0 Å². The molecule has 0 amide bonds. The Bertz CT molecular complexity index is 700. The van der Waals surface area contributed by atoms with Crippen LogP contribution in [0.15, 0.2) is 54.7 Å². The van der Waals surface area contributed by atoms with Crippen LogP contribution in [0.25, 0.3) is 16.6 Å². The molecule has 19 heavy (non-hydrogen) atoms. The monoisotopic (exact) mass is 251 g/mol. The van der Waals surface area contributed by atoms with E-state index in [1.165, 1.54) is 5.56 Å². The van der Waals surface area contributed by atoms with Gasteiger partial charge in [-0.25, -0.2) is 4.68 Å². The Morgan fingerprint density at radius 1 is 1.05 bits per heavy atom. The van der Waals surface area contributed by atoms with Crippen molar-refractivity contribution in [2.75, 3.05) is 7.05 Å². The van der Waals surface area contributed by atoms with Gasteiger partial charge in [0.15, 0.2) is 0 Å². The van der Waals surface area contributed by atoms with E-state index in [1.54, 1.807) is 0 Å². The van der Waals surface area contributed by atoms with E-state index in [2.05, 4.69) is 53.7 Å². The van der Waals surface area contributed by atoms with Crippen molar-refractivity contribution >= 4 is 10.9 Å². The molecule has 3 heteroatoms. The van der Waals surface area contributed by atoms with E-state index in [4.69, 9.17) is 0 Å². The molecular formula is C16H17N3. The molecule has 3 rings (SSSR count). The van der Waals surface area contributed by atoms with Gasteiger partial charge in [-0.3, -0.25) is 0 Å².